The molecule has 1 aliphatic heterocycles. The molecule has 0 spiro atoms. The van der Waals surface area contributed by atoms with Gasteiger partial charge in [0, 0.05) is 5.69 Å². The van der Waals surface area contributed by atoms with E-state index in [9.17, 15) is 19.2 Å². The van der Waals surface area contributed by atoms with Crippen LogP contribution in [-0.4, -0.2) is 41.7 Å². The zero-order chi connectivity index (χ0) is 20.3. The van der Waals surface area contributed by atoms with E-state index in [1.54, 1.807) is 0 Å². The molecule has 2 atom stereocenters. The number of hydrogen-bond acceptors (Lipinski definition) is 6. The largest absolute Gasteiger partial charge is 0.454 e. The third-order valence-corrected chi connectivity index (χ3v) is 4.94. The predicted octanol–water partition coefficient (Wildman–Crippen LogP) is 1.64. The maximum atomic E-state index is 12.3. The Bertz CT molecular complexity index is 895. The monoisotopic (exact) mass is 401 g/mol. The summed E-state index contributed by atoms with van der Waals surface area (Å²) >= 11 is 5.88. The number of amides is 3. The van der Waals surface area contributed by atoms with Crippen molar-refractivity contribution in [3.05, 3.63) is 40.9 Å². The summed E-state index contributed by atoms with van der Waals surface area (Å²) in [5, 5.41) is 11.5. The number of carbonyl (C=O) groups is 4. The molecule has 1 aromatic rings. The van der Waals surface area contributed by atoms with Crippen molar-refractivity contribution in [1.82, 2.24) is 4.90 Å². The summed E-state index contributed by atoms with van der Waals surface area (Å²) in [6.45, 7) is -1.10. The van der Waals surface area contributed by atoms with Gasteiger partial charge in [0.1, 0.15) is 12.6 Å². The van der Waals surface area contributed by atoms with Gasteiger partial charge in [0.05, 0.1) is 22.4 Å². The fourth-order valence-corrected chi connectivity index (χ4v) is 3.45. The Balaban J connectivity index is 1.50. The van der Waals surface area contributed by atoms with E-state index in [0.29, 0.717) is 18.5 Å². The molecule has 0 unspecified atom stereocenters. The van der Waals surface area contributed by atoms with Gasteiger partial charge in [-0.25, -0.2) is 0 Å². The van der Waals surface area contributed by atoms with Gasteiger partial charge in [-0.1, -0.05) is 23.8 Å². The van der Waals surface area contributed by atoms with E-state index < -0.39 is 36.9 Å². The second-order valence-electron chi connectivity index (χ2n) is 6.43. The molecule has 144 valence electrons. The number of rotatable bonds is 5. The number of imide groups is 1. The first-order valence-electron chi connectivity index (χ1n) is 8.56. The molecule has 9 heteroatoms. The van der Waals surface area contributed by atoms with E-state index in [4.69, 9.17) is 21.6 Å². The van der Waals surface area contributed by atoms with Crippen LogP contribution < -0.4 is 5.32 Å². The van der Waals surface area contributed by atoms with Crippen molar-refractivity contribution >= 4 is 41.0 Å². The van der Waals surface area contributed by atoms with E-state index in [1.165, 1.54) is 18.2 Å². The molecule has 8 nitrogen and oxygen atoms in total. The van der Waals surface area contributed by atoms with Crippen molar-refractivity contribution in [2.75, 3.05) is 18.5 Å². The number of anilines is 1. The van der Waals surface area contributed by atoms with Gasteiger partial charge in [-0.2, -0.15) is 5.26 Å². The molecule has 3 amide bonds. The van der Waals surface area contributed by atoms with E-state index in [-0.39, 0.29) is 22.4 Å². The predicted molar refractivity (Wildman–Crippen MR) is 97.8 cm³/mol. The number of benzene rings is 1. The maximum Gasteiger partial charge on any atom is 0.326 e. The van der Waals surface area contributed by atoms with Crippen molar-refractivity contribution in [2.45, 2.75) is 12.8 Å². The number of nitrogens with one attached hydrogen (secondary N) is 1. The Labute approximate surface area is 165 Å². The number of fused-ring (bicyclic) bond motifs is 1. The summed E-state index contributed by atoms with van der Waals surface area (Å²) in [5.74, 6) is -3.07. The fraction of sp³-hybridized carbons (Fsp3) is 0.316. The van der Waals surface area contributed by atoms with Crippen molar-refractivity contribution in [3.63, 3.8) is 0 Å². The van der Waals surface area contributed by atoms with Crippen LogP contribution in [0.5, 0.6) is 0 Å². The van der Waals surface area contributed by atoms with Gasteiger partial charge in [-0.15, -0.1) is 0 Å². The number of esters is 1. The normalized spacial score (nSPS) is 20.5. The first-order valence-corrected chi connectivity index (χ1v) is 8.94. The number of ether oxygens (including phenoxy) is 1. The second-order valence-corrected chi connectivity index (χ2v) is 6.84. The molecule has 1 fully saturated rings. The SMILES string of the molecule is N#Cc1ccc(NC(=O)COC(=O)CN2C(=O)[C@@H]3CC=CC[C@H]3C2=O)cc1Cl. The van der Waals surface area contributed by atoms with Crippen molar-refractivity contribution in [1.29, 1.82) is 5.26 Å². The average Bonchev–Trinajstić information content (AvgIpc) is 2.92. The molecule has 0 bridgehead atoms. The van der Waals surface area contributed by atoms with Gasteiger partial charge in [0.25, 0.3) is 5.91 Å². The number of halogens is 1. The highest BCUT2D eigenvalue weighted by Gasteiger charge is 2.47. The van der Waals surface area contributed by atoms with Crippen LogP contribution in [-0.2, 0) is 23.9 Å². The average molecular weight is 402 g/mol. The zero-order valence-corrected chi connectivity index (χ0v) is 15.4. The molecule has 1 N–H and O–H groups in total. The topological polar surface area (TPSA) is 117 Å². The molecule has 0 radical (unpaired) electrons. The molecule has 2 aliphatic rings. The number of allylic oxidation sites excluding steroid dienone is 2. The first-order chi connectivity index (χ1) is 13.4. The fourth-order valence-electron chi connectivity index (χ4n) is 3.23. The van der Waals surface area contributed by atoms with Crippen LogP contribution in [0.25, 0.3) is 0 Å². The van der Waals surface area contributed by atoms with E-state index in [1.807, 2.05) is 18.2 Å². The Kier molecular flexibility index (Phi) is 5.76. The Morgan fingerprint density at radius 2 is 1.86 bits per heavy atom. The highest BCUT2D eigenvalue weighted by atomic mass is 35.5. The second kappa shape index (κ2) is 8.23. The lowest BCUT2D eigenvalue weighted by molar-refractivity contribution is -0.154. The molecule has 1 heterocycles. The molecule has 3 rings (SSSR count). The molecule has 28 heavy (non-hydrogen) atoms. The number of nitrogens with zero attached hydrogens (tertiary/aromatic N) is 2. The van der Waals surface area contributed by atoms with Crippen LogP contribution in [0.2, 0.25) is 5.02 Å². The molecule has 1 aromatic carbocycles. The lowest BCUT2D eigenvalue weighted by atomic mass is 9.85. The first kappa shape index (κ1) is 19.6. The van der Waals surface area contributed by atoms with Crippen LogP contribution in [0, 0.1) is 23.2 Å². The molecule has 1 aliphatic carbocycles. The van der Waals surface area contributed by atoms with Gasteiger partial charge in [-0.3, -0.25) is 24.1 Å². The van der Waals surface area contributed by atoms with Crippen LogP contribution in [0.15, 0.2) is 30.4 Å². The molecule has 1 saturated heterocycles. The highest BCUT2D eigenvalue weighted by molar-refractivity contribution is 6.32. The Hall–Kier alpha value is -3.18. The van der Waals surface area contributed by atoms with Gasteiger partial charge in [0.2, 0.25) is 11.8 Å². The molecular weight excluding hydrogens is 386 g/mol. The Morgan fingerprint density at radius 3 is 2.43 bits per heavy atom. The van der Waals surface area contributed by atoms with E-state index >= 15 is 0 Å². The molecular formula is C19H16ClN3O5. The summed E-state index contributed by atoms with van der Waals surface area (Å²) < 4.78 is 4.87. The molecule has 0 aromatic heterocycles. The van der Waals surface area contributed by atoms with Gasteiger partial charge >= 0.3 is 5.97 Å². The van der Waals surface area contributed by atoms with Crippen molar-refractivity contribution in [3.8, 4) is 6.07 Å². The van der Waals surface area contributed by atoms with Crippen LogP contribution in [0.1, 0.15) is 18.4 Å². The van der Waals surface area contributed by atoms with Gasteiger partial charge < -0.3 is 10.1 Å². The minimum absolute atomic E-state index is 0.180. The quantitative estimate of drug-likeness (QED) is 0.455. The van der Waals surface area contributed by atoms with Crippen LogP contribution in [0.4, 0.5) is 5.69 Å². The standard InChI is InChI=1S/C19H16ClN3O5/c20-15-7-12(6-5-11(15)8-21)22-16(24)10-28-17(25)9-23-18(26)13-3-1-2-4-14(13)19(23)27/h1-2,5-7,13-14H,3-4,9-10H2,(H,22,24)/t13-,14-/m1/s1. The summed E-state index contributed by atoms with van der Waals surface area (Å²) in [6, 6.07) is 6.23. The van der Waals surface area contributed by atoms with Gasteiger partial charge in [0.15, 0.2) is 6.61 Å². The van der Waals surface area contributed by atoms with E-state index in [2.05, 4.69) is 5.32 Å². The summed E-state index contributed by atoms with van der Waals surface area (Å²) in [4.78, 5) is 49.4. The third-order valence-electron chi connectivity index (χ3n) is 4.62. The smallest absolute Gasteiger partial charge is 0.326 e. The van der Waals surface area contributed by atoms with Crippen LogP contribution >= 0.6 is 11.6 Å². The van der Waals surface area contributed by atoms with Gasteiger partial charge in [-0.05, 0) is 31.0 Å². The van der Waals surface area contributed by atoms with Crippen molar-refractivity contribution < 1.29 is 23.9 Å². The molecule has 0 saturated carbocycles. The summed E-state index contributed by atoms with van der Waals surface area (Å²) in [7, 11) is 0. The maximum absolute atomic E-state index is 12.3. The Morgan fingerprint density at radius 1 is 1.21 bits per heavy atom. The minimum Gasteiger partial charge on any atom is -0.454 e. The van der Waals surface area contributed by atoms with Crippen LogP contribution in [0.3, 0.4) is 0 Å². The lowest BCUT2D eigenvalue weighted by Gasteiger charge is -2.14. The summed E-state index contributed by atoms with van der Waals surface area (Å²) in [6.07, 6.45) is 4.68. The number of carbonyl (C=O) groups excluding carboxylic acids is 4. The van der Waals surface area contributed by atoms with E-state index in [0.717, 1.165) is 4.90 Å². The van der Waals surface area contributed by atoms with Crippen molar-refractivity contribution in [2.24, 2.45) is 11.8 Å². The highest BCUT2D eigenvalue weighted by Crippen LogP contribution is 2.34. The summed E-state index contributed by atoms with van der Waals surface area (Å²) in [5.41, 5.74) is 0.605. The number of hydrogen-bond donors (Lipinski definition) is 1. The number of likely N-dealkylation sites (tertiary alicyclic amines) is 1. The third kappa shape index (κ3) is 4.05. The lowest BCUT2D eigenvalue weighted by Crippen LogP contribution is -2.37. The minimum atomic E-state index is -0.846. The zero-order valence-electron chi connectivity index (χ0n) is 14.7. The number of nitriles is 1.